The summed E-state index contributed by atoms with van der Waals surface area (Å²) in [5.74, 6) is 0.492. The minimum atomic E-state index is 0.371. The molecule has 0 saturated carbocycles. The van der Waals surface area contributed by atoms with Crippen LogP contribution >= 0.6 is 0 Å². The highest BCUT2D eigenvalue weighted by atomic mass is 16.3. The summed E-state index contributed by atoms with van der Waals surface area (Å²) in [5, 5.41) is 6.33. The maximum atomic E-state index is 11.1. The summed E-state index contributed by atoms with van der Waals surface area (Å²) in [7, 11) is 0. The first kappa shape index (κ1) is 14.3. The number of benzene rings is 2. The van der Waals surface area contributed by atoms with E-state index < -0.39 is 0 Å². The highest BCUT2D eigenvalue weighted by Crippen LogP contribution is 2.32. The first-order valence-electron chi connectivity index (χ1n) is 7.39. The predicted molar refractivity (Wildman–Crippen MR) is 88.3 cm³/mol. The molecule has 5 nitrogen and oxygen atoms in total. The molecule has 3 rings (SSSR count). The summed E-state index contributed by atoms with van der Waals surface area (Å²) >= 11 is 0. The second kappa shape index (κ2) is 6.39. The molecule has 0 aliphatic carbocycles. The predicted octanol–water partition coefficient (Wildman–Crippen LogP) is 5.10. The first-order chi connectivity index (χ1) is 10.8. The Morgan fingerprint density at radius 1 is 1.23 bits per heavy atom. The Kier molecular flexibility index (Phi) is 4.14. The van der Waals surface area contributed by atoms with Gasteiger partial charge in [-0.1, -0.05) is 25.5 Å². The zero-order valence-corrected chi connectivity index (χ0v) is 12.4. The van der Waals surface area contributed by atoms with E-state index in [1.807, 2.05) is 36.4 Å². The molecular weight excluding hydrogens is 278 g/mol. The van der Waals surface area contributed by atoms with E-state index in [2.05, 4.69) is 22.4 Å². The number of nitroso groups, excluding NO2 is 1. The average Bonchev–Trinajstić information content (AvgIpc) is 2.99. The third kappa shape index (κ3) is 2.83. The van der Waals surface area contributed by atoms with Crippen molar-refractivity contribution in [1.82, 2.24) is 4.98 Å². The summed E-state index contributed by atoms with van der Waals surface area (Å²) in [6, 6.07) is 13.0. The van der Waals surface area contributed by atoms with Crippen LogP contribution in [0.5, 0.6) is 0 Å². The molecule has 0 amide bonds. The monoisotopic (exact) mass is 295 g/mol. The fourth-order valence-electron chi connectivity index (χ4n) is 2.29. The van der Waals surface area contributed by atoms with Gasteiger partial charge in [-0.05, 0) is 41.9 Å². The number of hydrogen-bond donors (Lipinski definition) is 1. The van der Waals surface area contributed by atoms with Gasteiger partial charge < -0.3 is 9.73 Å². The zero-order chi connectivity index (χ0) is 15.4. The van der Waals surface area contributed by atoms with Crippen molar-refractivity contribution in [1.29, 1.82) is 0 Å². The quantitative estimate of drug-likeness (QED) is 0.507. The fourth-order valence-corrected chi connectivity index (χ4v) is 2.29. The molecule has 0 unspecified atom stereocenters. The summed E-state index contributed by atoms with van der Waals surface area (Å²) in [6.45, 7) is 2.94. The van der Waals surface area contributed by atoms with Crippen LogP contribution in [0.15, 0.2) is 52.1 Å². The van der Waals surface area contributed by atoms with Gasteiger partial charge in [0, 0.05) is 12.1 Å². The Hall–Kier alpha value is -2.69. The molecule has 1 heterocycles. The second-order valence-corrected chi connectivity index (χ2v) is 5.09. The average molecular weight is 295 g/mol. The topological polar surface area (TPSA) is 67.5 Å². The number of nitrogens with one attached hydrogen (secondary N) is 1. The lowest BCUT2D eigenvalue weighted by molar-refractivity contribution is 0.620. The molecule has 0 aliphatic rings. The molecule has 2 aromatic carbocycles. The fraction of sp³-hybridized carbons (Fsp3) is 0.235. The van der Waals surface area contributed by atoms with Crippen molar-refractivity contribution in [2.45, 2.75) is 19.8 Å². The highest BCUT2D eigenvalue weighted by molar-refractivity contribution is 5.78. The molecule has 0 aliphatic heterocycles. The van der Waals surface area contributed by atoms with Crippen LogP contribution in [-0.2, 0) is 0 Å². The van der Waals surface area contributed by atoms with Crippen LogP contribution in [0.25, 0.3) is 22.6 Å². The van der Waals surface area contributed by atoms with Gasteiger partial charge in [0.1, 0.15) is 11.2 Å². The van der Waals surface area contributed by atoms with E-state index in [-0.39, 0.29) is 0 Å². The van der Waals surface area contributed by atoms with Crippen LogP contribution in [-0.4, -0.2) is 11.5 Å². The number of fused-ring (bicyclic) bond motifs is 1. The lowest BCUT2D eigenvalue weighted by Crippen LogP contribution is -2.00. The van der Waals surface area contributed by atoms with Gasteiger partial charge in [0.05, 0.1) is 5.69 Å². The van der Waals surface area contributed by atoms with E-state index in [1.165, 1.54) is 0 Å². The van der Waals surface area contributed by atoms with Crippen molar-refractivity contribution in [2.75, 3.05) is 11.9 Å². The van der Waals surface area contributed by atoms with Gasteiger partial charge in [-0.25, -0.2) is 4.98 Å². The Bertz CT molecular complexity index is 762. The van der Waals surface area contributed by atoms with Crippen LogP contribution in [0.3, 0.4) is 0 Å². The van der Waals surface area contributed by atoms with Gasteiger partial charge in [0.15, 0.2) is 5.58 Å². The molecule has 0 fully saturated rings. The normalized spacial score (nSPS) is 10.8. The Morgan fingerprint density at radius 2 is 2.09 bits per heavy atom. The molecule has 0 bridgehead atoms. The van der Waals surface area contributed by atoms with Gasteiger partial charge in [-0.2, -0.15) is 0 Å². The van der Waals surface area contributed by atoms with E-state index in [0.717, 1.165) is 41.7 Å². The molecule has 0 atom stereocenters. The maximum Gasteiger partial charge on any atom is 0.227 e. The number of oxazole rings is 1. The van der Waals surface area contributed by atoms with Gasteiger partial charge in [0.2, 0.25) is 5.89 Å². The van der Waals surface area contributed by atoms with Crippen molar-refractivity contribution < 1.29 is 4.42 Å². The maximum absolute atomic E-state index is 11.1. The van der Waals surface area contributed by atoms with Crippen LogP contribution in [0, 0.1) is 4.91 Å². The molecule has 1 aromatic heterocycles. The lowest BCUT2D eigenvalue weighted by Gasteiger charge is -2.07. The molecule has 112 valence electrons. The minimum Gasteiger partial charge on any atom is -0.436 e. The molecular formula is C17H17N3O2. The molecule has 1 N–H and O–H groups in total. The SMILES string of the molecule is CCCCNc1ccc(-c2nc3ccccc3o2)cc1N=O. The number of para-hydroxylation sites is 2. The van der Waals surface area contributed by atoms with Gasteiger partial charge in [-0.3, -0.25) is 0 Å². The Morgan fingerprint density at radius 3 is 2.86 bits per heavy atom. The zero-order valence-electron chi connectivity index (χ0n) is 12.4. The summed E-state index contributed by atoms with van der Waals surface area (Å²) < 4.78 is 5.72. The second-order valence-electron chi connectivity index (χ2n) is 5.09. The number of nitrogens with zero attached hydrogens (tertiary/aromatic N) is 2. The van der Waals surface area contributed by atoms with Crippen molar-refractivity contribution in [3.8, 4) is 11.5 Å². The molecule has 0 radical (unpaired) electrons. The van der Waals surface area contributed by atoms with E-state index in [9.17, 15) is 4.91 Å². The lowest BCUT2D eigenvalue weighted by atomic mass is 10.1. The number of aromatic nitrogens is 1. The van der Waals surface area contributed by atoms with Gasteiger partial charge in [0.25, 0.3) is 0 Å². The third-order valence-corrected chi connectivity index (χ3v) is 3.48. The van der Waals surface area contributed by atoms with Crippen LogP contribution in [0.2, 0.25) is 0 Å². The minimum absolute atomic E-state index is 0.371. The van der Waals surface area contributed by atoms with Crippen LogP contribution in [0.4, 0.5) is 11.4 Å². The standard InChI is InChI=1S/C17H17N3O2/c1-2-3-10-18-13-9-8-12(11-15(13)20-21)17-19-14-6-4-5-7-16(14)22-17/h4-9,11,18H,2-3,10H2,1H3. The Labute approximate surface area is 128 Å². The van der Waals surface area contributed by atoms with Gasteiger partial charge in [-0.15, -0.1) is 4.91 Å². The summed E-state index contributed by atoms with van der Waals surface area (Å²) in [4.78, 5) is 15.5. The van der Waals surface area contributed by atoms with Gasteiger partial charge >= 0.3 is 0 Å². The van der Waals surface area contributed by atoms with Crippen LogP contribution in [0.1, 0.15) is 19.8 Å². The summed E-state index contributed by atoms with van der Waals surface area (Å²) in [5.41, 5.74) is 3.37. The van der Waals surface area contributed by atoms with E-state index in [1.54, 1.807) is 6.07 Å². The molecule has 0 spiro atoms. The molecule has 0 saturated heterocycles. The number of hydrogen-bond acceptors (Lipinski definition) is 5. The third-order valence-electron chi connectivity index (χ3n) is 3.48. The van der Waals surface area contributed by atoms with Crippen molar-refractivity contribution in [3.05, 3.63) is 47.4 Å². The highest BCUT2D eigenvalue weighted by Gasteiger charge is 2.11. The summed E-state index contributed by atoms with van der Waals surface area (Å²) in [6.07, 6.45) is 2.14. The van der Waals surface area contributed by atoms with Crippen LogP contribution < -0.4 is 5.32 Å². The van der Waals surface area contributed by atoms with Crippen molar-refractivity contribution in [3.63, 3.8) is 0 Å². The Balaban J connectivity index is 1.92. The van der Waals surface area contributed by atoms with E-state index in [0.29, 0.717) is 11.6 Å². The van der Waals surface area contributed by atoms with Crippen molar-refractivity contribution >= 4 is 22.5 Å². The largest absolute Gasteiger partial charge is 0.436 e. The van der Waals surface area contributed by atoms with Crippen molar-refractivity contribution in [2.24, 2.45) is 5.18 Å². The number of rotatable bonds is 6. The molecule has 3 aromatic rings. The van der Waals surface area contributed by atoms with E-state index >= 15 is 0 Å². The smallest absolute Gasteiger partial charge is 0.227 e. The molecule has 22 heavy (non-hydrogen) atoms. The number of anilines is 1. The van der Waals surface area contributed by atoms with E-state index in [4.69, 9.17) is 4.42 Å². The first-order valence-corrected chi connectivity index (χ1v) is 7.39. The number of unbranched alkanes of at least 4 members (excludes halogenated alkanes) is 1. The molecule has 5 heteroatoms.